The van der Waals surface area contributed by atoms with Gasteiger partial charge in [0.05, 0.1) is 12.1 Å². The summed E-state index contributed by atoms with van der Waals surface area (Å²) in [6.07, 6.45) is 4.19. The molecule has 1 aromatic heterocycles. The van der Waals surface area contributed by atoms with Crippen LogP contribution in [0.15, 0.2) is 59.9 Å². The highest BCUT2D eigenvalue weighted by Crippen LogP contribution is 2.35. The van der Waals surface area contributed by atoms with E-state index in [-0.39, 0.29) is 12.3 Å². The van der Waals surface area contributed by atoms with Gasteiger partial charge in [0.15, 0.2) is 5.78 Å². The first-order valence-electron chi connectivity index (χ1n) is 13.1. The van der Waals surface area contributed by atoms with Crippen LogP contribution in [0, 0.1) is 5.92 Å². The van der Waals surface area contributed by atoms with Gasteiger partial charge in [-0.15, -0.1) is 0 Å². The Balaban J connectivity index is 1.31. The second kappa shape index (κ2) is 10.9. The van der Waals surface area contributed by atoms with Crippen LogP contribution in [0.2, 0.25) is 0 Å². The largest absolute Gasteiger partial charge is 0.426 e. The zero-order valence-corrected chi connectivity index (χ0v) is 21.9. The van der Waals surface area contributed by atoms with Crippen molar-refractivity contribution in [1.29, 1.82) is 0 Å². The van der Waals surface area contributed by atoms with Crippen molar-refractivity contribution in [3.8, 4) is 5.75 Å². The summed E-state index contributed by atoms with van der Waals surface area (Å²) in [7, 11) is 0. The molecule has 1 aliphatic carbocycles. The van der Waals surface area contributed by atoms with E-state index in [1.165, 1.54) is 5.56 Å². The maximum absolute atomic E-state index is 13.6. The second-order valence-electron chi connectivity index (χ2n) is 10.3. The number of hydrogen-bond donors (Lipinski definition) is 1. The molecule has 0 bridgehead atoms. The Hall–Kier alpha value is -4.14. The van der Waals surface area contributed by atoms with E-state index < -0.39 is 42.4 Å². The molecule has 2 atom stereocenters. The van der Waals surface area contributed by atoms with Crippen molar-refractivity contribution in [1.82, 2.24) is 10.3 Å². The van der Waals surface area contributed by atoms with Crippen molar-refractivity contribution in [3.63, 3.8) is 0 Å². The number of nitrogens with one attached hydrogen (secondary N) is 1. The molecule has 0 spiro atoms. The number of nitrogens with zero attached hydrogens (tertiary/aromatic N) is 2. The van der Waals surface area contributed by atoms with Gasteiger partial charge in [-0.25, -0.2) is 4.39 Å². The van der Waals surface area contributed by atoms with Gasteiger partial charge in [-0.3, -0.25) is 19.4 Å². The number of hydrogen-bond acceptors (Lipinski definition) is 7. The van der Waals surface area contributed by atoms with Gasteiger partial charge in [-0.1, -0.05) is 49.3 Å². The predicted molar refractivity (Wildman–Crippen MR) is 143 cm³/mol. The number of esters is 1. The molecular weight excluding hydrogens is 501 g/mol. The van der Waals surface area contributed by atoms with E-state index in [2.05, 4.69) is 15.5 Å². The third-order valence-electron chi connectivity index (χ3n) is 7.51. The molecule has 39 heavy (non-hydrogen) atoms. The Morgan fingerprint density at radius 3 is 2.69 bits per heavy atom. The molecule has 0 fully saturated rings. The zero-order valence-electron chi connectivity index (χ0n) is 21.9. The molecule has 0 unspecified atom stereocenters. The summed E-state index contributed by atoms with van der Waals surface area (Å²) in [4.78, 5) is 49.0. The molecule has 5 rings (SSSR count). The summed E-state index contributed by atoms with van der Waals surface area (Å²) in [6, 6.07) is 13.6. The number of rotatable bonds is 9. The number of aromatic nitrogens is 1. The van der Waals surface area contributed by atoms with Crippen molar-refractivity contribution in [2.24, 2.45) is 11.1 Å². The van der Waals surface area contributed by atoms with Gasteiger partial charge >= 0.3 is 5.97 Å². The minimum atomic E-state index is -1.47. The highest BCUT2D eigenvalue weighted by Gasteiger charge is 2.51. The lowest BCUT2D eigenvalue weighted by Gasteiger charge is -2.30. The summed E-state index contributed by atoms with van der Waals surface area (Å²) in [5, 5.41) is 8.59. The Kier molecular flexibility index (Phi) is 7.41. The van der Waals surface area contributed by atoms with Crippen molar-refractivity contribution in [2.45, 2.75) is 57.6 Å². The number of ketones is 1. The third kappa shape index (κ3) is 5.26. The summed E-state index contributed by atoms with van der Waals surface area (Å²) >= 11 is 0. The molecular formula is C30H30FN3O5. The fourth-order valence-corrected chi connectivity index (χ4v) is 5.19. The normalized spacial score (nSPS) is 18.8. The van der Waals surface area contributed by atoms with E-state index in [0.29, 0.717) is 17.2 Å². The van der Waals surface area contributed by atoms with Crippen molar-refractivity contribution >= 4 is 34.1 Å². The van der Waals surface area contributed by atoms with Gasteiger partial charge in [-0.05, 0) is 54.0 Å². The van der Waals surface area contributed by atoms with Crippen LogP contribution >= 0.6 is 0 Å². The lowest BCUT2D eigenvalue weighted by atomic mass is 9.83. The molecule has 0 saturated carbocycles. The van der Waals surface area contributed by atoms with Crippen LogP contribution in [0.3, 0.4) is 0 Å². The number of ether oxygens (including phenoxy) is 1. The minimum Gasteiger partial charge on any atom is -0.426 e. The van der Waals surface area contributed by atoms with Gasteiger partial charge in [0, 0.05) is 23.9 Å². The van der Waals surface area contributed by atoms with E-state index in [1.807, 2.05) is 42.5 Å². The molecule has 2 heterocycles. The van der Waals surface area contributed by atoms with E-state index in [4.69, 9.17) is 9.57 Å². The Morgan fingerprint density at radius 2 is 1.90 bits per heavy atom. The molecule has 1 N–H and O–H groups in total. The number of halogens is 1. The van der Waals surface area contributed by atoms with Crippen molar-refractivity contribution < 1.29 is 28.3 Å². The molecule has 0 radical (unpaired) electrons. The number of carbonyl (C=O) groups is 3. The Bertz CT molecular complexity index is 1460. The smallest absolute Gasteiger partial charge is 0.313 e. The standard InChI is InChI=1S/C30H30FN3O5/c1-18(2)30(16-25(34-39-30)28-23-9-4-3-6-20(23)12-13-32-28)29(37)33-24(26(35)17-31)15-27(36)38-22-11-10-19-7-5-8-21(19)14-22/h3-4,6,9-14,18,24H,5,7-8,15-17H2,1-2H3,(H,33,37)/t24-,30+/m0/s1. The molecule has 9 heteroatoms. The molecule has 8 nitrogen and oxygen atoms in total. The molecule has 0 saturated heterocycles. The third-order valence-corrected chi connectivity index (χ3v) is 7.51. The van der Waals surface area contributed by atoms with Gasteiger partial charge in [0.2, 0.25) is 5.60 Å². The maximum atomic E-state index is 13.6. The zero-order chi connectivity index (χ0) is 27.6. The lowest BCUT2D eigenvalue weighted by Crippen LogP contribution is -2.56. The molecule has 1 aliphatic heterocycles. The monoisotopic (exact) mass is 531 g/mol. The fraction of sp³-hybridized carbons (Fsp3) is 0.367. The quantitative estimate of drug-likeness (QED) is 0.327. The van der Waals surface area contributed by atoms with Gasteiger partial charge in [0.1, 0.15) is 24.2 Å². The predicted octanol–water partition coefficient (Wildman–Crippen LogP) is 4.26. The van der Waals surface area contributed by atoms with E-state index in [1.54, 1.807) is 26.1 Å². The number of benzene rings is 2. The number of Topliss-reactive ketones (excluding diaryl/α,β-unsaturated/α-hetero) is 1. The first-order valence-corrected chi connectivity index (χ1v) is 13.1. The Morgan fingerprint density at radius 1 is 1.10 bits per heavy atom. The van der Waals surface area contributed by atoms with Crippen LogP contribution in [0.5, 0.6) is 5.75 Å². The number of fused-ring (bicyclic) bond motifs is 2. The molecule has 1 amide bonds. The van der Waals surface area contributed by atoms with Gasteiger partial charge in [-0.2, -0.15) is 0 Å². The molecule has 202 valence electrons. The van der Waals surface area contributed by atoms with Crippen LogP contribution in [0.1, 0.15) is 49.9 Å². The number of oxime groups is 1. The van der Waals surface area contributed by atoms with Gasteiger partial charge < -0.3 is 14.9 Å². The van der Waals surface area contributed by atoms with Crippen molar-refractivity contribution in [2.75, 3.05) is 6.67 Å². The fourth-order valence-electron chi connectivity index (χ4n) is 5.19. The summed E-state index contributed by atoms with van der Waals surface area (Å²) in [6.45, 7) is 2.25. The maximum Gasteiger partial charge on any atom is 0.313 e. The first kappa shape index (κ1) is 26.5. The second-order valence-corrected chi connectivity index (χ2v) is 10.3. The number of carbonyl (C=O) groups excluding carboxylic acids is 3. The van der Waals surface area contributed by atoms with E-state index >= 15 is 0 Å². The summed E-state index contributed by atoms with van der Waals surface area (Å²) < 4.78 is 18.9. The van der Waals surface area contributed by atoms with Crippen molar-refractivity contribution in [3.05, 3.63) is 71.5 Å². The lowest BCUT2D eigenvalue weighted by molar-refractivity contribution is -0.152. The van der Waals surface area contributed by atoms with Crippen LogP contribution in [0.4, 0.5) is 4.39 Å². The highest BCUT2D eigenvalue weighted by molar-refractivity contribution is 6.12. The van der Waals surface area contributed by atoms with Crippen LogP contribution in [0.25, 0.3) is 10.8 Å². The number of amides is 1. The minimum absolute atomic E-state index is 0.0909. The highest BCUT2D eigenvalue weighted by atomic mass is 19.1. The SMILES string of the molecule is CC(C)[C@@]1(C(=O)N[C@@H](CC(=O)Oc2ccc3c(c2)CCC3)C(=O)CF)CC(c2nccc3ccccc23)=NO1. The van der Waals surface area contributed by atoms with E-state index in [0.717, 1.165) is 35.6 Å². The van der Waals surface area contributed by atoms with Crippen LogP contribution < -0.4 is 10.1 Å². The summed E-state index contributed by atoms with van der Waals surface area (Å²) in [5.41, 5.74) is 1.96. The number of aryl methyl sites for hydroxylation is 2. The van der Waals surface area contributed by atoms with Crippen LogP contribution in [-0.4, -0.2) is 46.7 Å². The Labute approximate surface area is 225 Å². The summed E-state index contributed by atoms with van der Waals surface area (Å²) in [5.74, 6) is -2.34. The first-order chi connectivity index (χ1) is 18.8. The number of alkyl halides is 1. The van der Waals surface area contributed by atoms with Crippen LogP contribution in [-0.2, 0) is 32.1 Å². The molecule has 2 aliphatic rings. The number of pyridine rings is 1. The molecule has 2 aromatic carbocycles. The van der Waals surface area contributed by atoms with E-state index in [9.17, 15) is 18.8 Å². The average Bonchev–Trinajstić information content (AvgIpc) is 3.60. The molecule has 3 aromatic rings. The van der Waals surface area contributed by atoms with Gasteiger partial charge in [0.25, 0.3) is 5.91 Å². The average molecular weight is 532 g/mol. The topological polar surface area (TPSA) is 107 Å².